The summed E-state index contributed by atoms with van der Waals surface area (Å²) in [7, 11) is 0. The van der Waals surface area contributed by atoms with E-state index in [-0.39, 0.29) is 24.8 Å². The summed E-state index contributed by atoms with van der Waals surface area (Å²) in [5, 5.41) is 8.20. The molecule has 168 valence electrons. The van der Waals surface area contributed by atoms with E-state index in [0.29, 0.717) is 17.8 Å². The van der Waals surface area contributed by atoms with Gasteiger partial charge in [0, 0.05) is 30.8 Å². The summed E-state index contributed by atoms with van der Waals surface area (Å²) in [6, 6.07) is 12.5. The van der Waals surface area contributed by atoms with Crippen LogP contribution in [0.15, 0.2) is 48.8 Å². The molecule has 32 heavy (non-hydrogen) atoms. The highest BCUT2D eigenvalue weighted by molar-refractivity contribution is 6.05. The molecule has 0 atom stereocenters. The number of ether oxygens (including phenoxy) is 1. The molecule has 0 unspecified atom stereocenters. The molecule has 0 radical (unpaired) electrons. The number of carbonyl (C=O) groups excluding carboxylic acids is 3. The zero-order valence-electron chi connectivity index (χ0n) is 18.3. The van der Waals surface area contributed by atoms with E-state index < -0.39 is 11.7 Å². The fourth-order valence-electron chi connectivity index (χ4n) is 2.92. The number of alkyl carbamates (subject to hydrolysis) is 1. The number of aromatic nitrogens is 2. The minimum atomic E-state index is -0.585. The lowest BCUT2D eigenvalue weighted by Gasteiger charge is -2.19. The molecule has 0 aliphatic rings. The maximum atomic E-state index is 12.6. The van der Waals surface area contributed by atoms with Gasteiger partial charge in [0.1, 0.15) is 5.60 Å². The Hall–Kier alpha value is -3.88. The van der Waals surface area contributed by atoms with Crippen LogP contribution in [-0.2, 0) is 16.1 Å². The molecule has 3 rings (SSSR count). The third kappa shape index (κ3) is 6.83. The quantitative estimate of drug-likeness (QED) is 0.451. The molecule has 0 spiro atoms. The van der Waals surface area contributed by atoms with Crippen molar-refractivity contribution < 1.29 is 19.1 Å². The molecular formula is C23H27N5O4. The van der Waals surface area contributed by atoms with Crippen molar-refractivity contribution in [3.8, 4) is 0 Å². The number of benzene rings is 2. The molecule has 0 bridgehead atoms. The van der Waals surface area contributed by atoms with Crippen molar-refractivity contribution in [2.45, 2.75) is 39.3 Å². The Morgan fingerprint density at radius 3 is 2.66 bits per heavy atom. The second-order valence-electron chi connectivity index (χ2n) is 8.24. The number of hydrogen-bond acceptors (Lipinski definition) is 5. The monoisotopic (exact) mass is 437 g/mol. The van der Waals surface area contributed by atoms with Crippen LogP contribution in [0.2, 0.25) is 0 Å². The van der Waals surface area contributed by atoms with Gasteiger partial charge in [-0.05, 0) is 56.7 Å². The first-order chi connectivity index (χ1) is 15.2. The number of carbonyl (C=O) groups is 3. The number of amides is 3. The summed E-state index contributed by atoms with van der Waals surface area (Å²) < 4.78 is 5.12. The number of H-pyrrole nitrogens is 1. The first-order valence-electron chi connectivity index (χ1n) is 10.3. The maximum Gasteiger partial charge on any atom is 0.407 e. The van der Waals surface area contributed by atoms with Crippen molar-refractivity contribution >= 4 is 34.6 Å². The highest BCUT2D eigenvalue weighted by atomic mass is 16.6. The van der Waals surface area contributed by atoms with E-state index in [2.05, 4.69) is 25.9 Å². The van der Waals surface area contributed by atoms with Crippen molar-refractivity contribution in [2.75, 3.05) is 11.9 Å². The lowest BCUT2D eigenvalue weighted by Crippen LogP contribution is -2.35. The summed E-state index contributed by atoms with van der Waals surface area (Å²) in [5.41, 5.74) is 2.96. The van der Waals surface area contributed by atoms with Crippen molar-refractivity contribution in [1.29, 1.82) is 0 Å². The molecule has 4 N–H and O–H groups in total. The predicted molar refractivity (Wildman–Crippen MR) is 121 cm³/mol. The molecule has 0 aliphatic carbocycles. The van der Waals surface area contributed by atoms with Gasteiger partial charge in [0.2, 0.25) is 5.91 Å². The van der Waals surface area contributed by atoms with E-state index in [9.17, 15) is 14.4 Å². The maximum absolute atomic E-state index is 12.6. The van der Waals surface area contributed by atoms with Gasteiger partial charge in [-0.2, -0.15) is 0 Å². The first kappa shape index (κ1) is 22.8. The summed E-state index contributed by atoms with van der Waals surface area (Å²) in [5.74, 6) is -0.445. The van der Waals surface area contributed by atoms with Gasteiger partial charge in [0.15, 0.2) is 0 Å². The summed E-state index contributed by atoms with van der Waals surface area (Å²) >= 11 is 0. The van der Waals surface area contributed by atoms with Crippen molar-refractivity contribution in [3.05, 3.63) is 59.9 Å². The summed E-state index contributed by atoms with van der Waals surface area (Å²) in [4.78, 5) is 43.3. The Kier molecular flexibility index (Phi) is 7.09. The normalized spacial score (nSPS) is 11.1. The highest BCUT2D eigenvalue weighted by Gasteiger charge is 2.16. The van der Waals surface area contributed by atoms with Gasteiger partial charge >= 0.3 is 6.09 Å². The van der Waals surface area contributed by atoms with Crippen molar-refractivity contribution in [2.24, 2.45) is 0 Å². The van der Waals surface area contributed by atoms with Crippen LogP contribution in [-0.4, -0.2) is 40.0 Å². The number of nitrogens with one attached hydrogen (secondary N) is 4. The fourth-order valence-corrected chi connectivity index (χ4v) is 2.92. The van der Waals surface area contributed by atoms with Crippen LogP contribution < -0.4 is 16.0 Å². The molecule has 0 saturated heterocycles. The van der Waals surface area contributed by atoms with Crippen LogP contribution in [0.3, 0.4) is 0 Å². The molecule has 0 saturated carbocycles. The molecule has 0 fully saturated rings. The number of aromatic amines is 1. The van der Waals surface area contributed by atoms with E-state index in [1.807, 2.05) is 6.07 Å². The molecular weight excluding hydrogens is 410 g/mol. The molecule has 3 aromatic rings. The van der Waals surface area contributed by atoms with Crippen molar-refractivity contribution in [3.63, 3.8) is 0 Å². The Morgan fingerprint density at radius 2 is 1.88 bits per heavy atom. The number of imidazole rings is 1. The molecule has 0 aliphatic heterocycles. The lowest BCUT2D eigenvalue weighted by atomic mass is 10.1. The van der Waals surface area contributed by atoms with E-state index >= 15 is 0 Å². The van der Waals surface area contributed by atoms with E-state index in [4.69, 9.17) is 4.74 Å². The van der Waals surface area contributed by atoms with Gasteiger partial charge in [0.25, 0.3) is 5.91 Å². The topological polar surface area (TPSA) is 125 Å². The van der Waals surface area contributed by atoms with Crippen LogP contribution in [0.1, 0.15) is 43.1 Å². The van der Waals surface area contributed by atoms with Crippen LogP contribution >= 0.6 is 0 Å². The first-order valence-corrected chi connectivity index (χ1v) is 10.3. The largest absolute Gasteiger partial charge is 0.444 e. The van der Waals surface area contributed by atoms with E-state index in [1.165, 1.54) is 0 Å². The SMILES string of the molecule is CC(C)(C)OC(=O)NCCC(=O)NCc1cccc(NC(=O)c2ccc3nc[nH]c3c2)c1. The number of nitrogens with zero attached hydrogens (tertiary/aromatic N) is 1. The van der Waals surface area contributed by atoms with Crippen molar-refractivity contribution in [1.82, 2.24) is 20.6 Å². The number of hydrogen-bond donors (Lipinski definition) is 4. The molecule has 9 nitrogen and oxygen atoms in total. The van der Waals surface area contributed by atoms with Gasteiger partial charge in [0.05, 0.1) is 17.4 Å². The highest BCUT2D eigenvalue weighted by Crippen LogP contribution is 2.15. The minimum Gasteiger partial charge on any atom is -0.444 e. The Labute approximate surface area is 185 Å². The standard InChI is InChI=1S/C23H27N5O4/c1-23(2,3)32-22(31)24-10-9-20(29)25-13-15-5-4-6-17(11-15)28-21(30)16-7-8-18-19(12-16)27-14-26-18/h4-8,11-12,14H,9-10,13H2,1-3H3,(H,24,31)(H,25,29)(H,26,27)(H,28,30). The molecule has 9 heteroatoms. The van der Waals surface area contributed by atoms with Gasteiger partial charge in [-0.3, -0.25) is 9.59 Å². The van der Waals surface area contributed by atoms with Gasteiger partial charge in [-0.25, -0.2) is 9.78 Å². The van der Waals surface area contributed by atoms with E-state index in [1.54, 1.807) is 63.5 Å². The van der Waals surface area contributed by atoms with Crippen LogP contribution in [0.5, 0.6) is 0 Å². The Morgan fingerprint density at radius 1 is 1.06 bits per heavy atom. The third-order valence-electron chi connectivity index (χ3n) is 4.38. The predicted octanol–water partition coefficient (Wildman–Crippen LogP) is 3.35. The third-order valence-corrected chi connectivity index (χ3v) is 4.38. The average Bonchev–Trinajstić information content (AvgIpc) is 3.19. The Balaban J connectivity index is 1.46. The second-order valence-corrected chi connectivity index (χ2v) is 8.24. The molecule has 1 heterocycles. The van der Waals surface area contributed by atoms with E-state index in [0.717, 1.165) is 16.6 Å². The number of fused-ring (bicyclic) bond motifs is 1. The van der Waals surface area contributed by atoms with Gasteiger partial charge in [-0.1, -0.05) is 12.1 Å². The minimum absolute atomic E-state index is 0.131. The second kappa shape index (κ2) is 9.95. The molecule has 3 amide bonds. The smallest absolute Gasteiger partial charge is 0.407 e. The number of rotatable bonds is 7. The fraction of sp³-hybridized carbons (Fsp3) is 0.304. The van der Waals surface area contributed by atoms with Gasteiger partial charge in [-0.15, -0.1) is 0 Å². The molecule has 1 aromatic heterocycles. The average molecular weight is 438 g/mol. The van der Waals surface area contributed by atoms with Crippen LogP contribution in [0, 0.1) is 0 Å². The summed E-state index contributed by atoms with van der Waals surface area (Å²) in [6.45, 7) is 5.79. The Bertz CT molecular complexity index is 1120. The van der Waals surface area contributed by atoms with Crippen LogP contribution in [0.4, 0.5) is 10.5 Å². The van der Waals surface area contributed by atoms with Gasteiger partial charge < -0.3 is 25.7 Å². The van der Waals surface area contributed by atoms with Crippen LogP contribution in [0.25, 0.3) is 11.0 Å². The summed E-state index contributed by atoms with van der Waals surface area (Å²) in [6.07, 6.45) is 1.16. The lowest BCUT2D eigenvalue weighted by molar-refractivity contribution is -0.121. The zero-order chi connectivity index (χ0) is 23.1. The number of anilines is 1. The zero-order valence-corrected chi connectivity index (χ0v) is 18.3. The molecule has 2 aromatic carbocycles.